The van der Waals surface area contributed by atoms with Crippen molar-refractivity contribution in [3.8, 4) is 0 Å². The number of nitrogens with zero attached hydrogens (tertiary/aromatic N) is 5. The zero-order chi connectivity index (χ0) is 20.6. The summed E-state index contributed by atoms with van der Waals surface area (Å²) in [6, 6.07) is 11.3. The van der Waals surface area contributed by atoms with Crippen LogP contribution in [-0.2, 0) is 6.42 Å². The van der Waals surface area contributed by atoms with E-state index in [4.69, 9.17) is 0 Å². The van der Waals surface area contributed by atoms with Gasteiger partial charge in [-0.05, 0) is 44.3 Å². The van der Waals surface area contributed by atoms with Gasteiger partial charge >= 0.3 is 0 Å². The minimum Gasteiger partial charge on any atom is -0.367 e. The average molecular weight is 396 g/mol. The number of likely N-dealkylation sites (N-methyl/N-ethyl adjacent to an activating group) is 1. The summed E-state index contributed by atoms with van der Waals surface area (Å²) < 4.78 is 1.73. The van der Waals surface area contributed by atoms with E-state index in [-0.39, 0.29) is 5.91 Å². The molecular weight excluding hydrogens is 366 g/mol. The SMILES string of the molecule is CCN(CC)CCNc1ccc2nnc(CCNC(=O)c3ccc(C)cc3)n2n1. The minimum absolute atomic E-state index is 0.0921. The maximum Gasteiger partial charge on any atom is 0.251 e. The number of fused-ring (bicyclic) bond motifs is 1. The molecule has 8 heteroatoms. The van der Waals surface area contributed by atoms with Gasteiger partial charge in [-0.1, -0.05) is 31.5 Å². The standard InChI is InChI=1S/C21H29N7O/c1-4-27(5-2)15-14-22-18-10-11-19-24-25-20(28(19)26-18)12-13-23-21(29)17-8-6-16(3)7-9-17/h6-11H,4-5,12-15H2,1-3H3,(H,22,26)(H,23,29). The molecule has 0 unspecified atom stereocenters. The summed E-state index contributed by atoms with van der Waals surface area (Å²) in [5.74, 6) is 1.41. The summed E-state index contributed by atoms with van der Waals surface area (Å²) in [7, 11) is 0. The maximum atomic E-state index is 12.2. The second kappa shape index (κ2) is 9.97. The van der Waals surface area contributed by atoms with E-state index in [1.807, 2.05) is 43.3 Å². The van der Waals surface area contributed by atoms with E-state index in [9.17, 15) is 4.79 Å². The first-order valence-electron chi connectivity index (χ1n) is 10.1. The van der Waals surface area contributed by atoms with Crippen molar-refractivity contribution >= 4 is 17.4 Å². The molecule has 29 heavy (non-hydrogen) atoms. The second-order valence-electron chi connectivity index (χ2n) is 6.93. The van der Waals surface area contributed by atoms with Crippen molar-refractivity contribution in [2.24, 2.45) is 0 Å². The van der Waals surface area contributed by atoms with E-state index in [0.29, 0.717) is 24.2 Å². The maximum absolute atomic E-state index is 12.2. The molecule has 1 aromatic carbocycles. The minimum atomic E-state index is -0.0921. The van der Waals surface area contributed by atoms with E-state index in [1.54, 1.807) is 4.52 Å². The third kappa shape index (κ3) is 5.51. The number of benzene rings is 1. The van der Waals surface area contributed by atoms with E-state index in [2.05, 4.69) is 44.7 Å². The molecule has 154 valence electrons. The Morgan fingerprint density at radius 2 is 1.79 bits per heavy atom. The lowest BCUT2D eigenvalue weighted by molar-refractivity contribution is 0.0954. The van der Waals surface area contributed by atoms with Crippen LogP contribution >= 0.6 is 0 Å². The van der Waals surface area contributed by atoms with Crippen LogP contribution in [0.5, 0.6) is 0 Å². The van der Waals surface area contributed by atoms with Crippen molar-refractivity contribution in [1.29, 1.82) is 0 Å². The number of amides is 1. The molecule has 0 spiro atoms. The van der Waals surface area contributed by atoms with Crippen molar-refractivity contribution in [3.05, 3.63) is 53.3 Å². The highest BCUT2D eigenvalue weighted by Gasteiger charge is 2.10. The monoisotopic (exact) mass is 395 g/mol. The highest BCUT2D eigenvalue weighted by molar-refractivity contribution is 5.94. The number of aromatic nitrogens is 4. The Hall–Kier alpha value is -3.00. The molecule has 0 fully saturated rings. The molecule has 2 N–H and O–H groups in total. The number of carbonyl (C=O) groups excluding carboxylic acids is 1. The zero-order valence-electron chi connectivity index (χ0n) is 17.4. The van der Waals surface area contributed by atoms with Gasteiger partial charge in [0.1, 0.15) is 5.82 Å². The smallest absolute Gasteiger partial charge is 0.251 e. The van der Waals surface area contributed by atoms with Crippen molar-refractivity contribution in [3.63, 3.8) is 0 Å². The summed E-state index contributed by atoms with van der Waals surface area (Å²) in [6.07, 6.45) is 0.550. The number of hydrogen-bond acceptors (Lipinski definition) is 6. The molecule has 0 aliphatic rings. The zero-order valence-corrected chi connectivity index (χ0v) is 17.4. The van der Waals surface area contributed by atoms with Gasteiger partial charge in [0.15, 0.2) is 11.5 Å². The first kappa shape index (κ1) is 20.7. The molecule has 0 atom stereocenters. The van der Waals surface area contributed by atoms with E-state index in [1.165, 1.54) is 0 Å². The van der Waals surface area contributed by atoms with Crippen LogP contribution in [0, 0.1) is 6.92 Å². The van der Waals surface area contributed by atoms with Crippen LogP contribution in [0.4, 0.5) is 5.82 Å². The van der Waals surface area contributed by atoms with Gasteiger partial charge in [0, 0.05) is 31.6 Å². The molecular formula is C21H29N7O. The van der Waals surface area contributed by atoms with Crippen molar-refractivity contribution in [1.82, 2.24) is 30.0 Å². The summed E-state index contributed by atoms with van der Waals surface area (Å²) in [5, 5.41) is 19.3. The van der Waals surface area contributed by atoms with Gasteiger partial charge in [0.25, 0.3) is 5.91 Å². The van der Waals surface area contributed by atoms with Crippen LogP contribution in [0.3, 0.4) is 0 Å². The molecule has 3 aromatic rings. The Morgan fingerprint density at radius 1 is 1.03 bits per heavy atom. The Balaban J connectivity index is 1.56. The van der Waals surface area contributed by atoms with Gasteiger partial charge in [-0.15, -0.1) is 15.3 Å². The quantitative estimate of drug-likeness (QED) is 0.547. The Labute approximate surface area is 171 Å². The summed E-state index contributed by atoms with van der Waals surface area (Å²) in [5.41, 5.74) is 2.47. The normalized spacial score (nSPS) is 11.2. The van der Waals surface area contributed by atoms with Crippen molar-refractivity contribution in [2.45, 2.75) is 27.2 Å². The van der Waals surface area contributed by atoms with E-state index >= 15 is 0 Å². The first-order chi connectivity index (χ1) is 14.1. The summed E-state index contributed by atoms with van der Waals surface area (Å²) in [4.78, 5) is 14.6. The van der Waals surface area contributed by atoms with Crippen LogP contribution in [0.1, 0.15) is 35.6 Å². The molecule has 0 radical (unpaired) electrons. The first-order valence-corrected chi connectivity index (χ1v) is 10.1. The van der Waals surface area contributed by atoms with Crippen LogP contribution < -0.4 is 10.6 Å². The number of aryl methyl sites for hydroxylation is 1. The average Bonchev–Trinajstić information content (AvgIpc) is 3.14. The third-order valence-corrected chi connectivity index (χ3v) is 4.90. The lowest BCUT2D eigenvalue weighted by Gasteiger charge is -2.18. The topological polar surface area (TPSA) is 87.5 Å². The van der Waals surface area contributed by atoms with Gasteiger partial charge in [0.2, 0.25) is 0 Å². The number of nitrogens with one attached hydrogen (secondary N) is 2. The predicted octanol–water partition coefficient (Wildman–Crippen LogP) is 2.16. The number of hydrogen-bond donors (Lipinski definition) is 2. The largest absolute Gasteiger partial charge is 0.367 e. The fourth-order valence-corrected chi connectivity index (χ4v) is 3.06. The molecule has 0 saturated heterocycles. The van der Waals surface area contributed by atoms with Crippen molar-refractivity contribution < 1.29 is 4.79 Å². The van der Waals surface area contributed by atoms with Gasteiger partial charge in [-0.2, -0.15) is 4.52 Å². The Bertz CT molecular complexity index is 932. The molecule has 2 heterocycles. The lowest BCUT2D eigenvalue weighted by Crippen LogP contribution is -2.28. The van der Waals surface area contributed by atoms with Gasteiger partial charge in [-0.3, -0.25) is 4.79 Å². The number of rotatable bonds is 10. The predicted molar refractivity (Wildman–Crippen MR) is 114 cm³/mol. The van der Waals surface area contributed by atoms with E-state index in [0.717, 1.165) is 43.4 Å². The Kier molecular flexibility index (Phi) is 7.13. The molecule has 0 bridgehead atoms. The fourth-order valence-electron chi connectivity index (χ4n) is 3.06. The molecule has 0 aliphatic heterocycles. The number of anilines is 1. The highest BCUT2D eigenvalue weighted by Crippen LogP contribution is 2.08. The Morgan fingerprint density at radius 3 is 2.52 bits per heavy atom. The molecule has 8 nitrogen and oxygen atoms in total. The van der Waals surface area contributed by atoms with Crippen LogP contribution in [0.25, 0.3) is 5.65 Å². The molecule has 2 aromatic heterocycles. The van der Waals surface area contributed by atoms with Gasteiger partial charge in [-0.25, -0.2) is 0 Å². The molecule has 3 rings (SSSR count). The van der Waals surface area contributed by atoms with E-state index < -0.39 is 0 Å². The number of carbonyl (C=O) groups is 1. The fraction of sp³-hybridized carbons (Fsp3) is 0.429. The second-order valence-corrected chi connectivity index (χ2v) is 6.93. The van der Waals surface area contributed by atoms with Crippen LogP contribution in [0.2, 0.25) is 0 Å². The van der Waals surface area contributed by atoms with Gasteiger partial charge < -0.3 is 15.5 Å². The molecule has 0 aliphatic carbocycles. The van der Waals surface area contributed by atoms with Crippen molar-refractivity contribution in [2.75, 3.05) is 38.0 Å². The summed E-state index contributed by atoms with van der Waals surface area (Å²) >= 11 is 0. The summed E-state index contributed by atoms with van der Waals surface area (Å²) in [6.45, 7) is 10.6. The van der Waals surface area contributed by atoms with Crippen LogP contribution in [-0.4, -0.2) is 63.3 Å². The van der Waals surface area contributed by atoms with Gasteiger partial charge in [0.05, 0.1) is 0 Å². The third-order valence-electron chi connectivity index (χ3n) is 4.90. The van der Waals surface area contributed by atoms with Crippen LogP contribution in [0.15, 0.2) is 36.4 Å². The molecule has 0 saturated carbocycles. The molecule has 1 amide bonds. The highest BCUT2D eigenvalue weighted by atomic mass is 16.1. The lowest BCUT2D eigenvalue weighted by atomic mass is 10.1.